The summed E-state index contributed by atoms with van der Waals surface area (Å²) in [5.41, 5.74) is -0.839. The first-order valence-electron chi connectivity index (χ1n) is 3.89. The number of rotatable bonds is 2. The molecule has 1 heterocycles. The van der Waals surface area contributed by atoms with E-state index < -0.39 is 11.5 Å². The smallest absolute Gasteiger partial charge is 0.407 e. The summed E-state index contributed by atoms with van der Waals surface area (Å²) in [7, 11) is 0. The van der Waals surface area contributed by atoms with E-state index in [2.05, 4.69) is 4.74 Å². The Morgan fingerprint density at radius 3 is 2.77 bits per heavy atom. The van der Waals surface area contributed by atoms with Crippen molar-refractivity contribution in [2.75, 3.05) is 19.7 Å². The Labute approximate surface area is 80.2 Å². The van der Waals surface area contributed by atoms with Crippen LogP contribution in [-0.4, -0.2) is 41.2 Å². The third kappa shape index (κ3) is 3.10. The fourth-order valence-electron chi connectivity index (χ4n) is 1.33. The minimum absolute atomic E-state index is 0.0822. The number of hydrogen-bond acceptors (Lipinski definition) is 3. The van der Waals surface area contributed by atoms with Crippen LogP contribution in [0.5, 0.6) is 0 Å². The van der Waals surface area contributed by atoms with Crippen LogP contribution in [0, 0.1) is 5.92 Å². The van der Waals surface area contributed by atoms with Crippen molar-refractivity contribution < 1.29 is 19.4 Å². The number of ether oxygens (including phenoxy) is 1. The first kappa shape index (κ1) is 10.1. The summed E-state index contributed by atoms with van der Waals surface area (Å²) in [6.45, 7) is 1.12. The van der Waals surface area contributed by atoms with Gasteiger partial charge in [0, 0.05) is 30.6 Å². The van der Waals surface area contributed by atoms with Crippen molar-refractivity contribution in [3.63, 3.8) is 0 Å². The van der Waals surface area contributed by atoms with Gasteiger partial charge in [0.2, 0.25) is 0 Å². The van der Waals surface area contributed by atoms with Crippen LogP contribution in [0.15, 0.2) is 0 Å². The summed E-state index contributed by atoms with van der Waals surface area (Å²) in [6, 6.07) is 0. The van der Waals surface area contributed by atoms with E-state index in [-0.39, 0.29) is 12.5 Å². The van der Waals surface area contributed by atoms with E-state index in [1.54, 1.807) is 0 Å². The molecule has 74 valence electrons. The summed E-state index contributed by atoms with van der Waals surface area (Å²) in [5, 5.41) is 8.60. The molecule has 6 heteroatoms. The summed E-state index contributed by atoms with van der Waals surface area (Å²) < 4.78 is 4.56. The highest BCUT2D eigenvalue weighted by Gasteiger charge is 2.26. The molecule has 1 atom stereocenters. The van der Waals surface area contributed by atoms with Crippen molar-refractivity contribution in [3.05, 3.63) is 0 Å². The van der Waals surface area contributed by atoms with Crippen LogP contribution in [0.3, 0.4) is 0 Å². The zero-order valence-electron chi connectivity index (χ0n) is 6.90. The highest BCUT2D eigenvalue weighted by molar-refractivity contribution is 6.61. The minimum atomic E-state index is -0.931. The van der Waals surface area contributed by atoms with Gasteiger partial charge in [0.05, 0.1) is 6.61 Å². The molecule has 1 saturated heterocycles. The highest BCUT2D eigenvalue weighted by atomic mass is 35.5. The van der Waals surface area contributed by atoms with Gasteiger partial charge in [-0.1, -0.05) is 0 Å². The maximum atomic E-state index is 10.5. The van der Waals surface area contributed by atoms with Gasteiger partial charge in [-0.25, -0.2) is 9.59 Å². The molecule has 0 bridgehead atoms. The van der Waals surface area contributed by atoms with Gasteiger partial charge in [-0.2, -0.15) is 0 Å². The number of amides is 1. The lowest BCUT2D eigenvalue weighted by Gasteiger charge is -2.11. The summed E-state index contributed by atoms with van der Waals surface area (Å²) >= 11 is 4.96. The first-order chi connectivity index (χ1) is 6.09. The molecule has 0 aliphatic carbocycles. The van der Waals surface area contributed by atoms with Crippen LogP contribution in [-0.2, 0) is 4.74 Å². The largest absolute Gasteiger partial charge is 0.465 e. The van der Waals surface area contributed by atoms with Crippen LogP contribution < -0.4 is 0 Å². The van der Waals surface area contributed by atoms with Crippen LogP contribution in [0.4, 0.5) is 9.59 Å². The number of carbonyl (C=O) groups is 2. The molecule has 13 heavy (non-hydrogen) atoms. The molecule has 1 aliphatic heterocycles. The summed E-state index contributed by atoms with van der Waals surface area (Å²) in [4.78, 5) is 22.0. The third-order valence-electron chi connectivity index (χ3n) is 1.99. The minimum Gasteiger partial charge on any atom is -0.465 e. The molecule has 1 N–H and O–H groups in total. The van der Waals surface area contributed by atoms with Gasteiger partial charge in [0.1, 0.15) is 0 Å². The predicted octanol–water partition coefficient (Wildman–Crippen LogP) is 1.36. The Hall–Kier alpha value is -0.970. The number of nitrogens with zero attached hydrogens (tertiary/aromatic N) is 1. The molecular formula is C7H10ClNO4. The van der Waals surface area contributed by atoms with Gasteiger partial charge in [-0.3, -0.25) is 0 Å². The van der Waals surface area contributed by atoms with Crippen LogP contribution in [0.2, 0.25) is 0 Å². The summed E-state index contributed by atoms with van der Waals surface area (Å²) in [6.07, 6.45) is -0.212. The average Bonchev–Trinajstić information content (AvgIpc) is 2.48. The average molecular weight is 208 g/mol. The molecule has 0 radical (unpaired) electrons. The van der Waals surface area contributed by atoms with Gasteiger partial charge in [0.25, 0.3) is 0 Å². The van der Waals surface area contributed by atoms with Gasteiger partial charge in [-0.05, 0) is 6.42 Å². The molecular weight excluding hydrogens is 198 g/mol. The molecule has 1 rings (SSSR count). The van der Waals surface area contributed by atoms with Gasteiger partial charge >= 0.3 is 11.5 Å². The number of hydrogen-bond donors (Lipinski definition) is 1. The lowest BCUT2D eigenvalue weighted by Crippen LogP contribution is -2.27. The molecule has 1 aliphatic rings. The molecule has 0 aromatic rings. The van der Waals surface area contributed by atoms with Crippen LogP contribution >= 0.6 is 11.6 Å². The van der Waals surface area contributed by atoms with Gasteiger partial charge in [-0.15, -0.1) is 0 Å². The molecule has 0 unspecified atom stereocenters. The molecule has 0 aromatic carbocycles. The Kier molecular flexibility index (Phi) is 3.36. The molecule has 0 spiro atoms. The van der Waals surface area contributed by atoms with Crippen molar-refractivity contribution in [1.29, 1.82) is 0 Å². The van der Waals surface area contributed by atoms with Gasteiger partial charge < -0.3 is 14.7 Å². The second-order valence-corrected chi connectivity index (χ2v) is 3.24. The topological polar surface area (TPSA) is 66.8 Å². The number of halogens is 1. The van der Waals surface area contributed by atoms with E-state index >= 15 is 0 Å². The number of likely N-dealkylation sites (tertiary alicyclic amines) is 1. The lowest BCUT2D eigenvalue weighted by atomic mass is 10.1. The van der Waals surface area contributed by atoms with Crippen molar-refractivity contribution in [2.45, 2.75) is 6.42 Å². The molecule has 5 nitrogen and oxygen atoms in total. The van der Waals surface area contributed by atoms with Crippen LogP contribution in [0.1, 0.15) is 6.42 Å². The Bertz CT molecular complexity index is 221. The molecule has 0 saturated carbocycles. The standard InChI is InChI=1S/C7H10ClNO4/c8-6(10)13-4-5-1-2-9(3-5)7(11)12/h5H,1-4H2,(H,11,12)/t5-/m0/s1. The Morgan fingerprint density at radius 1 is 1.62 bits per heavy atom. The third-order valence-corrected chi connectivity index (χ3v) is 2.10. The number of carboxylic acid groups (broad SMARTS) is 1. The zero-order valence-corrected chi connectivity index (χ0v) is 7.66. The van der Waals surface area contributed by atoms with Gasteiger partial charge in [0.15, 0.2) is 0 Å². The van der Waals surface area contributed by atoms with Crippen molar-refractivity contribution in [3.8, 4) is 0 Å². The monoisotopic (exact) mass is 207 g/mol. The lowest BCUT2D eigenvalue weighted by molar-refractivity contribution is 0.142. The van der Waals surface area contributed by atoms with E-state index in [4.69, 9.17) is 16.7 Å². The highest BCUT2D eigenvalue weighted by Crippen LogP contribution is 2.16. The maximum Gasteiger partial charge on any atom is 0.407 e. The van der Waals surface area contributed by atoms with E-state index in [1.807, 2.05) is 0 Å². The SMILES string of the molecule is O=C(Cl)OC[C@H]1CCN(C(=O)O)C1. The molecule has 1 fully saturated rings. The fraction of sp³-hybridized carbons (Fsp3) is 0.714. The zero-order chi connectivity index (χ0) is 9.84. The van der Waals surface area contributed by atoms with E-state index in [9.17, 15) is 9.59 Å². The normalized spacial score (nSPS) is 21.6. The summed E-state index contributed by atoms with van der Waals surface area (Å²) in [5.74, 6) is 0.0822. The second kappa shape index (κ2) is 4.32. The quantitative estimate of drug-likeness (QED) is 0.695. The first-order valence-corrected chi connectivity index (χ1v) is 4.27. The van der Waals surface area contributed by atoms with E-state index in [0.29, 0.717) is 13.1 Å². The maximum absolute atomic E-state index is 10.5. The Balaban J connectivity index is 2.25. The van der Waals surface area contributed by atoms with Crippen molar-refractivity contribution in [1.82, 2.24) is 4.90 Å². The van der Waals surface area contributed by atoms with E-state index in [1.165, 1.54) is 4.90 Å². The predicted molar refractivity (Wildman–Crippen MR) is 44.9 cm³/mol. The van der Waals surface area contributed by atoms with E-state index in [0.717, 1.165) is 6.42 Å². The fourth-order valence-corrected chi connectivity index (χ4v) is 1.39. The Morgan fingerprint density at radius 2 is 2.31 bits per heavy atom. The molecule has 1 amide bonds. The molecule has 0 aromatic heterocycles. The van der Waals surface area contributed by atoms with Crippen molar-refractivity contribution >= 4 is 23.1 Å². The number of carbonyl (C=O) groups excluding carboxylic acids is 1. The van der Waals surface area contributed by atoms with Crippen molar-refractivity contribution in [2.24, 2.45) is 5.92 Å². The van der Waals surface area contributed by atoms with Crippen LogP contribution in [0.25, 0.3) is 0 Å². The second-order valence-electron chi connectivity index (χ2n) is 2.93.